The first-order valence-electron chi connectivity index (χ1n) is 9.80. The quantitative estimate of drug-likeness (QED) is 0.452. The van der Waals surface area contributed by atoms with Gasteiger partial charge in [-0.3, -0.25) is 19.8 Å². The minimum absolute atomic E-state index is 0.00769. The minimum atomic E-state index is -4.76. The van der Waals surface area contributed by atoms with Crippen LogP contribution in [-0.2, 0) is 15.8 Å². The Balaban J connectivity index is 1.36. The Morgan fingerprint density at radius 2 is 2.07 bits per heavy atom. The van der Waals surface area contributed by atoms with Crippen LogP contribution in [0, 0.1) is 17.3 Å². The van der Waals surface area contributed by atoms with Crippen LogP contribution in [0.4, 0.5) is 13.2 Å². The van der Waals surface area contributed by atoms with E-state index in [1.807, 2.05) is 0 Å². The van der Waals surface area contributed by atoms with E-state index in [-0.39, 0.29) is 23.8 Å². The van der Waals surface area contributed by atoms with E-state index in [4.69, 9.17) is 0 Å². The second-order valence-electron chi connectivity index (χ2n) is 8.43. The van der Waals surface area contributed by atoms with Gasteiger partial charge in [0, 0.05) is 19.2 Å². The monoisotopic (exact) mass is 429 g/mol. The van der Waals surface area contributed by atoms with E-state index in [0.29, 0.717) is 31.4 Å². The summed E-state index contributed by atoms with van der Waals surface area (Å²) in [4.78, 5) is 36.6. The molecule has 164 valence electrons. The standard InChI is InChI=1S/C18H22F3N5O4/c19-18(20,21)13-3-11(26-30-13)15(28)24-12(7-17-4-9(5-17)6-17)16(29)25-23-8-10-1-2-22-14(10)27/h3,9-10,12,23H,1-2,4-8H2,(H,22,27)(H,24,28)(H,25,29)/t9?,10-,12-,17?/m0/s1. The summed E-state index contributed by atoms with van der Waals surface area (Å²) in [5.74, 6) is -2.52. The molecular formula is C18H22F3N5O4. The van der Waals surface area contributed by atoms with Crippen molar-refractivity contribution in [2.75, 3.05) is 13.1 Å². The molecule has 30 heavy (non-hydrogen) atoms. The van der Waals surface area contributed by atoms with Gasteiger partial charge in [-0.25, -0.2) is 5.43 Å². The number of hydrogen-bond donors (Lipinski definition) is 4. The summed E-state index contributed by atoms with van der Waals surface area (Å²) in [6.07, 6.45) is -0.791. The van der Waals surface area contributed by atoms with Crippen LogP contribution in [-0.4, -0.2) is 42.0 Å². The summed E-state index contributed by atoms with van der Waals surface area (Å²) in [7, 11) is 0. The molecule has 4 fully saturated rings. The lowest BCUT2D eigenvalue weighted by Crippen LogP contribution is -2.59. The maximum Gasteiger partial charge on any atom is 0.452 e. The molecule has 9 nitrogen and oxygen atoms in total. The number of hydrogen-bond acceptors (Lipinski definition) is 6. The first-order chi connectivity index (χ1) is 14.2. The van der Waals surface area contributed by atoms with Crippen molar-refractivity contribution in [1.82, 2.24) is 26.6 Å². The van der Waals surface area contributed by atoms with E-state index < -0.39 is 35.5 Å². The fourth-order valence-corrected chi connectivity index (χ4v) is 4.49. The Hall–Kier alpha value is -2.63. The molecule has 2 heterocycles. The molecule has 0 radical (unpaired) electrons. The highest BCUT2D eigenvalue weighted by atomic mass is 19.4. The van der Waals surface area contributed by atoms with Crippen LogP contribution in [0.3, 0.4) is 0 Å². The maximum atomic E-state index is 12.7. The van der Waals surface area contributed by atoms with Crippen LogP contribution in [0.25, 0.3) is 0 Å². The molecule has 2 bridgehead atoms. The van der Waals surface area contributed by atoms with Gasteiger partial charge < -0.3 is 15.2 Å². The van der Waals surface area contributed by atoms with Crippen molar-refractivity contribution >= 4 is 17.7 Å². The molecule has 5 rings (SSSR count). The van der Waals surface area contributed by atoms with E-state index in [9.17, 15) is 27.6 Å². The lowest BCUT2D eigenvalue weighted by molar-refractivity contribution is -0.155. The topological polar surface area (TPSA) is 125 Å². The van der Waals surface area contributed by atoms with Crippen LogP contribution >= 0.6 is 0 Å². The van der Waals surface area contributed by atoms with Crippen molar-refractivity contribution in [3.05, 3.63) is 17.5 Å². The molecule has 1 aromatic heterocycles. The molecule has 2 atom stereocenters. The van der Waals surface area contributed by atoms with Crippen molar-refractivity contribution in [2.45, 2.75) is 44.3 Å². The van der Waals surface area contributed by atoms with Gasteiger partial charge in [-0.2, -0.15) is 13.2 Å². The summed E-state index contributed by atoms with van der Waals surface area (Å²) in [5, 5.41) is 8.33. The highest BCUT2D eigenvalue weighted by Crippen LogP contribution is 2.66. The van der Waals surface area contributed by atoms with E-state index in [1.165, 1.54) is 0 Å². The zero-order valence-electron chi connectivity index (χ0n) is 16.0. The van der Waals surface area contributed by atoms with Crippen molar-refractivity contribution in [3.8, 4) is 0 Å². The minimum Gasteiger partial charge on any atom is -0.356 e. The molecule has 1 saturated heterocycles. The molecule has 0 unspecified atom stereocenters. The molecule has 1 aliphatic heterocycles. The number of nitrogens with zero attached hydrogens (tertiary/aromatic N) is 1. The average molecular weight is 429 g/mol. The number of alkyl halides is 3. The number of rotatable bonds is 8. The van der Waals surface area contributed by atoms with Gasteiger partial charge in [0.15, 0.2) is 5.69 Å². The van der Waals surface area contributed by atoms with Gasteiger partial charge in [0.1, 0.15) is 6.04 Å². The van der Waals surface area contributed by atoms with E-state index >= 15 is 0 Å². The predicted molar refractivity (Wildman–Crippen MR) is 94.4 cm³/mol. The molecule has 0 aromatic carbocycles. The molecule has 3 saturated carbocycles. The normalized spacial score (nSPS) is 28.2. The van der Waals surface area contributed by atoms with Crippen molar-refractivity contribution in [1.29, 1.82) is 0 Å². The second-order valence-corrected chi connectivity index (χ2v) is 8.43. The summed E-state index contributed by atoms with van der Waals surface area (Å²) in [6, 6.07) is -0.447. The van der Waals surface area contributed by atoms with Crippen LogP contribution in [0.5, 0.6) is 0 Å². The van der Waals surface area contributed by atoms with Gasteiger partial charge in [0.05, 0.1) is 5.92 Å². The van der Waals surface area contributed by atoms with Crippen molar-refractivity contribution in [2.24, 2.45) is 17.3 Å². The Labute approximate surface area is 169 Å². The molecule has 3 amide bonds. The van der Waals surface area contributed by atoms with Gasteiger partial charge in [-0.1, -0.05) is 5.16 Å². The van der Waals surface area contributed by atoms with E-state index in [1.54, 1.807) is 0 Å². The number of aromatic nitrogens is 1. The first-order valence-corrected chi connectivity index (χ1v) is 9.80. The third-order valence-electron chi connectivity index (χ3n) is 6.17. The van der Waals surface area contributed by atoms with Gasteiger partial charge in [-0.05, 0) is 43.4 Å². The maximum absolute atomic E-state index is 12.7. The zero-order valence-corrected chi connectivity index (χ0v) is 16.0. The number of halogens is 3. The highest BCUT2D eigenvalue weighted by Gasteiger charge is 2.57. The Morgan fingerprint density at radius 3 is 2.60 bits per heavy atom. The second kappa shape index (κ2) is 7.56. The molecular weight excluding hydrogens is 407 g/mol. The summed E-state index contributed by atoms with van der Waals surface area (Å²) < 4.78 is 42.2. The van der Waals surface area contributed by atoms with Crippen LogP contribution in [0.15, 0.2) is 10.6 Å². The molecule has 4 aliphatic rings. The number of carbonyl (C=O) groups excluding carboxylic acids is 3. The van der Waals surface area contributed by atoms with E-state index in [2.05, 4.69) is 31.2 Å². The Kier molecular flexibility index (Phi) is 5.20. The third kappa shape index (κ3) is 4.13. The third-order valence-corrected chi connectivity index (χ3v) is 6.17. The Bertz CT molecular complexity index is 838. The van der Waals surface area contributed by atoms with E-state index in [0.717, 1.165) is 19.3 Å². The number of carbonyl (C=O) groups is 3. The number of hydrazine groups is 1. The Morgan fingerprint density at radius 1 is 1.33 bits per heavy atom. The molecule has 3 aliphatic carbocycles. The molecule has 0 spiro atoms. The summed E-state index contributed by atoms with van der Waals surface area (Å²) in [5.41, 5.74) is 4.66. The van der Waals surface area contributed by atoms with Crippen LogP contribution in [0.1, 0.15) is 48.4 Å². The lowest BCUT2D eigenvalue weighted by atomic mass is 9.43. The fourth-order valence-electron chi connectivity index (χ4n) is 4.49. The molecule has 4 N–H and O–H groups in total. The lowest BCUT2D eigenvalue weighted by Gasteiger charge is -2.63. The molecule has 1 aromatic rings. The zero-order chi connectivity index (χ0) is 21.5. The van der Waals surface area contributed by atoms with Gasteiger partial charge in [0.25, 0.3) is 11.8 Å². The van der Waals surface area contributed by atoms with Crippen LogP contribution < -0.4 is 21.5 Å². The van der Waals surface area contributed by atoms with Gasteiger partial charge in [-0.15, -0.1) is 0 Å². The number of amides is 3. The van der Waals surface area contributed by atoms with Crippen LogP contribution in [0.2, 0.25) is 0 Å². The highest BCUT2D eigenvalue weighted by molar-refractivity contribution is 5.96. The van der Waals surface area contributed by atoms with Crippen molar-refractivity contribution in [3.63, 3.8) is 0 Å². The molecule has 12 heteroatoms. The average Bonchev–Trinajstić information content (AvgIpc) is 3.25. The van der Waals surface area contributed by atoms with Crippen molar-refractivity contribution < 1.29 is 32.1 Å². The summed E-state index contributed by atoms with van der Waals surface area (Å²) >= 11 is 0. The fraction of sp³-hybridized carbons (Fsp3) is 0.667. The predicted octanol–water partition coefficient (Wildman–Crippen LogP) is 0.739. The van der Waals surface area contributed by atoms with Gasteiger partial charge in [0.2, 0.25) is 11.7 Å². The first kappa shape index (κ1) is 20.6. The number of nitrogens with one attached hydrogen (secondary N) is 4. The smallest absolute Gasteiger partial charge is 0.356 e. The largest absolute Gasteiger partial charge is 0.452 e. The SMILES string of the molecule is O=C(N[C@@H](CC12CC(C1)C2)C(=O)NNC[C@@H]1CCNC1=O)c1cc(C(F)(F)F)on1. The summed E-state index contributed by atoms with van der Waals surface area (Å²) in [6.45, 7) is 0.822. The van der Waals surface area contributed by atoms with Gasteiger partial charge >= 0.3 is 6.18 Å².